The number of anilines is 1. The first-order chi connectivity index (χ1) is 9.63. The number of carbonyl (C=O) groups is 1. The minimum atomic E-state index is -0.408. The molecule has 1 heterocycles. The van der Waals surface area contributed by atoms with Gasteiger partial charge >= 0.3 is 6.09 Å². The van der Waals surface area contributed by atoms with Crippen LogP contribution in [0.15, 0.2) is 30.3 Å². The molecule has 0 saturated heterocycles. The zero-order valence-corrected chi connectivity index (χ0v) is 12.2. The van der Waals surface area contributed by atoms with Crippen molar-refractivity contribution in [3.8, 4) is 0 Å². The average Bonchev–Trinajstić information content (AvgIpc) is 2.45. The van der Waals surface area contributed by atoms with Gasteiger partial charge in [-0.1, -0.05) is 38.1 Å². The van der Waals surface area contributed by atoms with Crippen molar-refractivity contribution in [3.05, 3.63) is 35.9 Å². The molecule has 1 aromatic rings. The first kappa shape index (κ1) is 14.6. The number of amides is 1. The molecule has 1 unspecified atom stereocenters. The van der Waals surface area contributed by atoms with Gasteiger partial charge in [-0.3, -0.25) is 0 Å². The van der Waals surface area contributed by atoms with Crippen LogP contribution in [0.25, 0.3) is 6.08 Å². The van der Waals surface area contributed by atoms with E-state index in [0.717, 1.165) is 11.3 Å². The van der Waals surface area contributed by atoms with Crippen LogP contribution in [0.4, 0.5) is 10.5 Å². The number of rotatable bonds is 4. The van der Waals surface area contributed by atoms with Crippen molar-refractivity contribution in [2.24, 2.45) is 5.92 Å². The average molecular weight is 275 g/mol. The van der Waals surface area contributed by atoms with E-state index in [2.05, 4.69) is 0 Å². The number of hydrogen-bond acceptors (Lipinski definition) is 3. The van der Waals surface area contributed by atoms with E-state index in [4.69, 9.17) is 9.47 Å². The summed E-state index contributed by atoms with van der Waals surface area (Å²) < 4.78 is 11.0. The van der Waals surface area contributed by atoms with Gasteiger partial charge in [-0.2, -0.15) is 0 Å². The predicted octanol–water partition coefficient (Wildman–Crippen LogP) is 3.68. The SMILES string of the molecule is CCOC1C=Cc2ccccc2N1C(=O)OCC(C)C. The van der Waals surface area contributed by atoms with Crippen molar-refractivity contribution < 1.29 is 14.3 Å². The molecule has 0 N–H and O–H groups in total. The summed E-state index contributed by atoms with van der Waals surface area (Å²) in [6, 6.07) is 7.73. The highest BCUT2D eigenvalue weighted by molar-refractivity contribution is 5.93. The highest BCUT2D eigenvalue weighted by atomic mass is 16.6. The highest BCUT2D eigenvalue weighted by Crippen LogP contribution is 2.29. The van der Waals surface area contributed by atoms with Gasteiger partial charge in [0.05, 0.1) is 12.3 Å². The van der Waals surface area contributed by atoms with Crippen LogP contribution >= 0.6 is 0 Å². The van der Waals surface area contributed by atoms with Crippen molar-refractivity contribution >= 4 is 17.9 Å². The van der Waals surface area contributed by atoms with Gasteiger partial charge in [0, 0.05) is 6.61 Å². The standard InChI is InChI=1S/C16H21NO3/c1-4-19-15-10-9-13-7-5-6-8-14(13)17(15)16(18)20-11-12(2)3/h5-10,12,15H,4,11H2,1-3H3. The van der Waals surface area contributed by atoms with Gasteiger partial charge in [0.2, 0.25) is 0 Å². The molecule has 0 spiro atoms. The van der Waals surface area contributed by atoms with Crippen LogP contribution in [0.3, 0.4) is 0 Å². The number of benzene rings is 1. The molecule has 0 bridgehead atoms. The molecule has 1 amide bonds. The van der Waals surface area contributed by atoms with Gasteiger partial charge in [-0.15, -0.1) is 0 Å². The van der Waals surface area contributed by atoms with Gasteiger partial charge in [-0.05, 0) is 30.5 Å². The summed E-state index contributed by atoms with van der Waals surface area (Å²) in [4.78, 5) is 13.9. The van der Waals surface area contributed by atoms with Crippen LogP contribution in [0, 0.1) is 5.92 Å². The van der Waals surface area contributed by atoms with Crippen LogP contribution in [0.5, 0.6) is 0 Å². The second-order valence-electron chi connectivity index (χ2n) is 5.10. The number of carbonyl (C=O) groups excluding carboxylic acids is 1. The van der Waals surface area contributed by atoms with Crippen LogP contribution < -0.4 is 4.90 Å². The van der Waals surface area contributed by atoms with Crippen LogP contribution in [-0.4, -0.2) is 25.5 Å². The third-order valence-electron chi connectivity index (χ3n) is 2.97. The van der Waals surface area contributed by atoms with E-state index in [0.29, 0.717) is 19.1 Å². The second kappa shape index (κ2) is 6.57. The molecular formula is C16H21NO3. The molecule has 1 aliphatic rings. The molecule has 20 heavy (non-hydrogen) atoms. The van der Waals surface area contributed by atoms with Gasteiger partial charge < -0.3 is 9.47 Å². The van der Waals surface area contributed by atoms with Crippen LogP contribution in [0.2, 0.25) is 0 Å². The first-order valence-electron chi connectivity index (χ1n) is 6.98. The van der Waals surface area contributed by atoms with E-state index in [1.807, 2.05) is 57.2 Å². The minimum absolute atomic E-state index is 0.306. The Hall–Kier alpha value is -1.81. The molecule has 2 rings (SSSR count). The number of nitrogens with zero attached hydrogens (tertiary/aromatic N) is 1. The first-order valence-corrected chi connectivity index (χ1v) is 6.98. The molecular weight excluding hydrogens is 254 g/mol. The molecule has 1 aliphatic heterocycles. The summed E-state index contributed by atoms with van der Waals surface area (Å²) in [5.74, 6) is 0.306. The summed E-state index contributed by atoms with van der Waals surface area (Å²) >= 11 is 0. The zero-order chi connectivity index (χ0) is 14.5. The van der Waals surface area contributed by atoms with Crippen molar-refractivity contribution in [2.75, 3.05) is 18.1 Å². The maximum atomic E-state index is 12.3. The summed E-state index contributed by atoms with van der Waals surface area (Å²) in [7, 11) is 0. The Labute approximate surface area is 120 Å². The summed E-state index contributed by atoms with van der Waals surface area (Å²) in [6.07, 6.45) is 3.08. The molecule has 108 valence electrons. The topological polar surface area (TPSA) is 38.8 Å². The third kappa shape index (κ3) is 3.20. The predicted molar refractivity (Wildman–Crippen MR) is 79.6 cm³/mol. The molecule has 0 radical (unpaired) electrons. The lowest BCUT2D eigenvalue weighted by Crippen LogP contribution is -2.43. The Bertz CT molecular complexity index is 496. The Kier molecular flexibility index (Phi) is 4.79. The van der Waals surface area contributed by atoms with E-state index in [-0.39, 0.29) is 6.09 Å². The summed E-state index contributed by atoms with van der Waals surface area (Å²) in [6.45, 7) is 6.87. The molecule has 4 heteroatoms. The molecule has 0 saturated carbocycles. The fraction of sp³-hybridized carbons (Fsp3) is 0.438. The van der Waals surface area contributed by atoms with Crippen LogP contribution in [0.1, 0.15) is 26.3 Å². The van der Waals surface area contributed by atoms with E-state index < -0.39 is 6.23 Å². The Morgan fingerprint density at radius 3 is 2.80 bits per heavy atom. The second-order valence-corrected chi connectivity index (χ2v) is 5.10. The van der Waals surface area contributed by atoms with Gasteiger partial charge in [0.15, 0.2) is 6.23 Å². The van der Waals surface area contributed by atoms with Crippen LogP contribution in [-0.2, 0) is 9.47 Å². The van der Waals surface area contributed by atoms with E-state index in [9.17, 15) is 4.79 Å². The van der Waals surface area contributed by atoms with Crippen molar-refractivity contribution in [3.63, 3.8) is 0 Å². The maximum Gasteiger partial charge on any atom is 0.416 e. The Morgan fingerprint density at radius 2 is 2.10 bits per heavy atom. The minimum Gasteiger partial charge on any atom is -0.449 e. The van der Waals surface area contributed by atoms with E-state index in [1.54, 1.807) is 4.90 Å². The Balaban J connectivity index is 2.24. The zero-order valence-electron chi connectivity index (χ0n) is 12.2. The smallest absolute Gasteiger partial charge is 0.416 e. The summed E-state index contributed by atoms with van der Waals surface area (Å²) in [5.41, 5.74) is 1.81. The van der Waals surface area contributed by atoms with Gasteiger partial charge in [-0.25, -0.2) is 9.69 Å². The van der Waals surface area contributed by atoms with Crippen molar-refractivity contribution in [1.29, 1.82) is 0 Å². The normalized spacial score (nSPS) is 17.2. The van der Waals surface area contributed by atoms with Gasteiger partial charge in [0.25, 0.3) is 0 Å². The molecule has 0 aromatic heterocycles. The maximum absolute atomic E-state index is 12.3. The van der Waals surface area contributed by atoms with Gasteiger partial charge in [0.1, 0.15) is 0 Å². The van der Waals surface area contributed by atoms with Crippen molar-refractivity contribution in [2.45, 2.75) is 27.0 Å². The molecule has 1 atom stereocenters. The van der Waals surface area contributed by atoms with E-state index in [1.165, 1.54) is 0 Å². The molecule has 0 fully saturated rings. The third-order valence-corrected chi connectivity index (χ3v) is 2.97. The lowest BCUT2D eigenvalue weighted by molar-refractivity contribution is 0.0789. The molecule has 1 aromatic carbocycles. The quantitative estimate of drug-likeness (QED) is 0.841. The highest BCUT2D eigenvalue weighted by Gasteiger charge is 2.29. The fourth-order valence-corrected chi connectivity index (χ4v) is 2.07. The largest absolute Gasteiger partial charge is 0.449 e. The number of para-hydroxylation sites is 1. The van der Waals surface area contributed by atoms with E-state index >= 15 is 0 Å². The monoisotopic (exact) mass is 275 g/mol. The lowest BCUT2D eigenvalue weighted by atomic mass is 10.1. The fourth-order valence-electron chi connectivity index (χ4n) is 2.07. The number of hydrogen-bond donors (Lipinski definition) is 0. The van der Waals surface area contributed by atoms with Crippen molar-refractivity contribution in [1.82, 2.24) is 0 Å². The molecule has 0 aliphatic carbocycles. The molecule has 4 nitrogen and oxygen atoms in total. The Morgan fingerprint density at radius 1 is 1.35 bits per heavy atom. The lowest BCUT2D eigenvalue weighted by Gasteiger charge is -2.32. The summed E-state index contributed by atoms with van der Waals surface area (Å²) in [5, 5.41) is 0. The number of fused-ring (bicyclic) bond motifs is 1. The number of ether oxygens (including phenoxy) is 2.